The molecule has 0 bridgehead atoms. The molecule has 0 unspecified atom stereocenters. The fourth-order valence-corrected chi connectivity index (χ4v) is 2.12. The summed E-state index contributed by atoms with van der Waals surface area (Å²) in [6, 6.07) is 8.24. The first kappa shape index (κ1) is 20.1. The third-order valence-electron chi connectivity index (χ3n) is 3.45. The Kier molecular flexibility index (Phi) is 6.27. The van der Waals surface area contributed by atoms with Gasteiger partial charge in [0.1, 0.15) is 0 Å². The molecule has 0 aliphatic carbocycles. The summed E-state index contributed by atoms with van der Waals surface area (Å²) >= 11 is 0. The summed E-state index contributed by atoms with van der Waals surface area (Å²) in [7, 11) is 2.85. The van der Waals surface area contributed by atoms with Gasteiger partial charge in [0.2, 0.25) is 0 Å². The maximum Gasteiger partial charge on any atom is 0.416 e. The van der Waals surface area contributed by atoms with Crippen molar-refractivity contribution in [3.63, 3.8) is 0 Å². The van der Waals surface area contributed by atoms with E-state index in [1.807, 2.05) is 0 Å². The zero-order chi connectivity index (χ0) is 20.0. The fraction of sp³-hybridized carbons (Fsp3) is 0.222. The monoisotopic (exact) mass is 383 g/mol. The van der Waals surface area contributed by atoms with Crippen molar-refractivity contribution in [2.45, 2.75) is 6.18 Å². The lowest BCUT2D eigenvalue weighted by Gasteiger charge is -2.10. The minimum absolute atomic E-state index is 0.148. The summed E-state index contributed by atoms with van der Waals surface area (Å²) in [6.07, 6.45) is -4.46. The van der Waals surface area contributed by atoms with Gasteiger partial charge in [-0.1, -0.05) is 0 Å². The minimum Gasteiger partial charge on any atom is -0.493 e. The second-order valence-corrected chi connectivity index (χ2v) is 5.27. The maximum absolute atomic E-state index is 12.5. The number of hydrogen-bond acceptors (Lipinski definition) is 5. The van der Waals surface area contributed by atoms with Crippen molar-refractivity contribution in [3.8, 4) is 11.5 Å². The zero-order valence-corrected chi connectivity index (χ0v) is 14.4. The number of alkyl halides is 3. The van der Waals surface area contributed by atoms with E-state index in [2.05, 4.69) is 5.32 Å². The van der Waals surface area contributed by atoms with Crippen LogP contribution in [0.1, 0.15) is 15.9 Å². The molecule has 1 N–H and O–H groups in total. The third-order valence-corrected chi connectivity index (χ3v) is 3.45. The van der Waals surface area contributed by atoms with E-state index in [1.165, 1.54) is 32.4 Å². The van der Waals surface area contributed by atoms with Gasteiger partial charge >= 0.3 is 12.1 Å². The number of benzene rings is 2. The van der Waals surface area contributed by atoms with Gasteiger partial charge in [-0.05, 0) is 42.5 Å². The lowest BCUT2D eigenvalue weighted by atomic mass is 10.2. The Bertz CT molecular complexity index is 819. The molecule has 2 rings (SSSR count). The van der Waals surface area contributed by atoms with E-state index < -0.39 is 30.2 Å². The first-order chi connectivity index (χ1) is 12.7. The molecule has 0 saturated carbocycles. The second-order valence-electron chi connectivity index (χ2n) is 5.27. The molecule has 144 valence electrons. The molecule has 0 saturated heterocycles. The van der Waals surface area contributed by atoms with Crippen molar-refractivity contribution in [2.75, 3.05) is 26.1 Å². The number of ether oxygens (including phenoxy) is 3. The highest BCUT2D eigenvalue weighted by Crippen LogP contribution is 2.30. The number of hydrogen-bond donors (Lipinski definition) is 1. The third kappa shape index (κ3) is 5.37. The van der Waals surface area contributed by atoms with Gasteiger partial charge in [0.05, 0.1) is 25.3 Å². The largest absolute Gasteiger partial charge is 0.493 e. The van der Waals surface area contributed by atoms with E-state index in [9.17, 15) is 22.8 Å². The Labute approximate surface area is 152 Å². The minimum atomic E-state index is -4.46. The van der Waals surface area contributed by atoms with Crippen molar-refractivity contribution < 1.29 is 37.0 Å². The smallest absolute Gasteiger partial charge is 0.416 e. The number of carbonyl (C=O) groups is 2. The van der Waals surface area contributed by atoms with Crippen molar-refractivity contribution in [1.82, 2.24) is 0 Å². The van der Waals surface area contributed by atoms with Gasteiger partial charge in [0.15, 0.2) is 18.1 Å². The van der Waals surface area contributed by atoms with E-state index in [4.69, 9.17) is 14.2 Å². The topological polar surface area (TPSA) is 73.9 Å². The van der Waals surface area contributed by atoms with Crippen LogP contribution in [0.5, 0.6) is 11.5 Å². The Morgan fingerprint density at radius 3 is 2.15 bits per heavy atom. The first-order valence-electron chi connectivity index (χ1n) is 7.61. The van der Waals surface area contributed by atoms with Gasteiger partial charge in [-0.25, -0.2) is 4.79 Å². The van der Waals surface area contributed by atoms with Crippen LogP contribution in [0.2, 0.25) is 0 Å². The molecule has 27 heavy (non-hydrogen) atoms. The lowest BCUT2D eigenvalue weighted by molar-refractivity contribution is -0.137. The number of carbonyl (C=O) groups excluding carboxylic acids is 2. The maximum atomic E-state index is 12.5. The van der Waals surface area contributed by atoms with Crippen molar-refractivity contribution in [3.05, 3.63) is 53.6 Å². The van der Waals surface area contributed by atoms with Crippen LogP contribution in [0, 0.1) is 0 Å². The average molecular weight is 383 g/mol. The van der Waals surface area contributed by atoms with Crippen molar-refractivity contribution >= 4 is 17.6 Å². The number of halogens is 3. The predicted octanol–water partition coefficient (Wildman–Crippen LogP) is 3.52. The average Bonchev–Trinajstić information content (AvgIpc) is 2.65. The number of amides is 1. The zero-order valence-electron chi connectivity index (χ0n) is 14.4. The van der Waals surface area contributed by atoms with E-state index in [-0.39, 0.29) is 11.3 Å². The second kappa shape index (κ2) is 8.43. The summed E-state index contributed by atoms with van der Waals surface area (Å²) in [5.41, 5.74) is -0.537. The van der Waals surface area contributed by atoms with Crippen LogP contribution in [0.3, 0.4) is 0 Å². The molecule has 0 fully saturated rings. The van der Waals surface area contributed by atoms with Crippen LogP contribution < -0.4 is 14.8 Å². The summed E-state index contributed by atoms with van der Waals surface area (Å²) in [4.78, 5) is 23.8. The normalized spacial score (nSPS) is 10.9. The van der Waals surface area contributed by atoms with Gasteiger partial charge in [-0.2, -0.15) is 13.2 Å². The van der Waals surface area contributed by atoms with Crippen LogP contribution in [0.15, 0.2) is 42.5 Å². The predicted molar refractivity (Wildman–Crippen MR) is 89.9 cm³/mol. The van der Waals surface area contributed by atoms with Gasteiger partial charge in [-0.3, -0.25) is 4.79 Å². The lowest BCUT2D eigenvalue weighted by Crippen LogP contribution is -2.21. The van der Waals surface area contributed by atoms with Crippen LogP contribution in [0.4, 0.5) is 18.9 Å². The van der Waals surface area contributed by atoms with E-state index in [0.717, 1.165) is 24.3 Å². The highest BCUT2D eigenvalue weighted by atomic mass is 19.4. The number of methoxy groups -OCH3 is 2. The van der Waals surface area contributed by atoms with Crippen molar-refractivity contribution in [2.24, 2.45) is 0 Å². The van der Waals surface area contributed by atoms with Crippen LogP contribution >= 0.6 is 0 Å². The fourth-order valence-electron chi connectivity index (χ4n) is 2.12. The highest BCUT2D eigenvalue weighted by molar-refractivity contribution is 5.95. The Morgan fingerprint density at radius 2 is 1.59 bits per heavy atom. The van der Waals surface area contributed by atoms with Gasteiger partial charge < -0.3 is 19.5 Å². The molecule has 2 aromatic rings. The van der Waals surface area contributed by atoms with E-state index >= 15 is 0 Å². The molecule has 1 amide bonds. The summed E-state index contributed by atoms with van der Waals surface area (Å²) in [5, 5.41) is 2.34. The molecule has 2 aromatic carbocycles. The number of rotatable bonds is 6. The molecule has 0 radical (unpaired) electrons. The molecule has 0 spiro atoms. The quantitative estimate of drug-likeness (QED) is 0.773. The molecule has 6 nitrogen and oxygen atoms in total. The Balaban J connectivity index is 1.92. The van der Waals surface area contributed by atoms with E-state index in [0.29, 0.717) is 11.5 Å². The molecular weight excluding hydrogens is 367 g/mol. The SMILES string of the molecule is COc1ccc(C(=O)OCC(=O)Nc2ccc(C(F)(F)F)cc2)cc1OC. The Morgan fingerprint density at radius 1 is 0.963 bits per heavy atom. The standard InChI is InChI=1S/C18H16F3NO5/c1-25-14-8-3-11(9-15(14)26-2)17(24)27-10-16(23)22-13-6-4-12(5-7-13)18(19,20)21/h3-9H,10H2,1-2H3,(H,22,23). The van der Waals surface area contributed by atoms with Crippen molar-refractivity contribution in [1.29, 1.82) is 0 Å². The van der Waals surface area contributed by atoms with Crippen LogP contribution in [-0.2, 0) is 15.7 Å². The summed E-state index contributed by atoms with van der Waals surface area (Å²) in [5.74, 6) is -0.711. The molecule has 0 aliphatic rings. The number of nitrogens with one attached hydrogen (secondary N) is 1. The van der Waals surface area contributed by atoms with Gasteiger partial charge in [-0.15, -0.1) is 0 Å². The molecule has 9 heteroatoms. The van der Waals surface area contributed by atoms with Crippen LogP contribution in [-0.4, -0.2) is 32.7 Å². The van der Waals surface area contributed by atoms with Crippen LogP contribution in [0.25, 0.3) is 0 Å². The molecule has 0 aromatic heterocycles. The highest BCUT2D eigenvalue weighted by Gasteiger charge is 2.30. The van der Waals surface area contributed by atoms with E-state index in [1.54, 1.807) is 0 Å². The molecule has 0 atom stereocenters. The van der Waals surface area contributed by atoms with Gasteiger partial charge in [0, 0.05) is 5.69 Å². The number of anilines is 1. The first-order valence-corrected chi connectivity index (χ1v) is 7.61. The number of esters is 1. The molecular formula is C18H16F3NO5. The Hall–Kier alpha value is -3.23. The van der Waals surface area contributed by atoms with Gasteiger partial charge in [0.25, 0.3) is 5.91 Å². The molecule has 0 heterocycles. The summed E-state index contributed by atoms with van der Waals surface area (Å²) in [6.45, 7) is -0.603. The summed E-state index contributed by atoms with van der Waals surface area (Å²) < 4.78 is 52.5. The molecule has 0 aliphatic heterocycles.